The molecular weight excluding hydrogens is 280 g/mol. The van der Waals surface area contributed by atoms with Crippen LogP contribution in [0.3, 0.4) is 0 Å². The number of likely N-dealkylation sites (N-methyl/N-ethyl adjacent to an activating group) is 1. The first-order valence-corrected chi connectivity index (χ1v) is 8.47. The molecule has 2 amide bonds. The molecule has 2 atom stereocenters. The van der Waals surface area contributed by atoms with Crippen molar-refractivity contribution in [2.75, 3.05) is 53.4 Å². The second kappa shape index (κ2) is 8.48. The molecule has 6 heteroatoms. The molecule has 0 aromatic heterocycles. The number of likely N-dealkylation sites (tertiary alicyclic amines) is 1. The summed E-state index contributed by atoms with van der Waals surface area (Å²) in [6, 6.07) is 0. The number of carbonyl (C=O) groups is 2. The number of rotatable bonds is 7. The van der Waals surface area contributed by atoms with E-state index >= 15 is 0 Å². The molecule has 0 radical (unpaired) electrons. The predicted octanol–water partition coefficient (Wildman–Crippen LogP) is -0.0976. The van der Waals surface area contributed by atoms with Crippen LogP contribution in [0.4, 0.5) is 0 Å². The van der Waals surface area contributed by atoms with Gasteiger partial charge in [-0.1, -0.05) is 0 Å². The van der Waals surface area contributed by atoms with E-state index in [0.29, 0.717) is 25.4 Å². The zero-order valence-electron chi connectivity index (χ0n) is 13.9. The van der Waals surface area contributed by atoms with Crippen LogP contribution in [-0.4, -0.2) is 75.0 Å². The molecule has 0 aromatic rings. The summed E-state index contributed by atoms with van der Waals surface area (Å²) in [5, 5.41) is 6.42. The molecular formula is C16H30N4O2. The maximum Gasteiger partial charge on any atom is 0.225 e. The average Bonchev–Trinajstić information content (AvgIpc) is 2.87. The highest BCUT2D eigenvalue weighted by Crippen LogP contribution is 2.18. The van der Waals surface area contributed by atoms with Crippen LogP contribution < -0.4 is 10.6 Å². The van der Waals surface area contributed by atoms with E-state index in [4.69, 9.17) is 0 Å². The van der Waals surface area contributed by atoms with Gasteiger partial charge in [0.25, 0.3) is 0 Å². The van der Waals surface area contributed by atoms with Crippen molar-refractivity contribution in [1.82, 2.24) is 20.4 Å². The fourth-order valence-corrected chi connectivity index (χ4v) is 3.20. The number of amides is 2. The van der Waals surface area contributed by atoms with E-state index in [-0.39, 0.29) is 17.7 Å². The lowest BCUT2D eigenvalue weighted by Crippen LogP contribution is -2.37. The van der Waals surface area contributed by atoms with E-state index in [9.17, 15) is 9.59 Å². The van der Waals surface area contributed by atoms with Crippen LogP contribution in [0.5, 0.6) is 0 Å². The fourth-order valence-electron chi connectivity index (χ4n) is 3.20. The number of carbonyl (C=O) groups excluding carboxylic acids is 2. The van der Waals surface area contributed by atoms with Crippen LogP contribution in [0, 0.1) is 11.8 Å². The maximum atomic E-state index is 12.2. The molecule has 2 N–H and O–H groups in total. The Hall–Kier alpha value is -1.14. The summed E-state index contributed by atoms with van der Waals surface area (Å²) in [7, 11) is 3.98. The van der Waals surface area contributed by atoms with Crippen molar-refractivity contribution < 1.29 is 9.59 Å². The smallest absolute Gasteiger partial charge is 0.225 e. The summed E-state index contributed by atoms with van der Waals surface area (Å²) >= 11 is 0. The summed E-state index contributed by atoms with van der Waals surface area (Å²) in [6.07, 6.45) is 3.88. The van der Waals surface area contributed by atoms with Crippen molar-refractivity contribution in [2.24, 2.45) is 11.8 Å². The third kappa shape index (κ3) is 5.25. The zero-order chi connectivity index (χ0) is 15.9. The van der Waals surface area contributed by atoms with Crippen molar-refractivity contribution in [3.63, 3.8) is 0 Å². The van der Waals surface area contributed by atoms with Gasteiger partial charge < -0.3 is 20.4 Å². The molecule has 0 aliphatic carbocycles. The minimum absolute atomic E-state index is 0.0458. The Kier molecular flexibility index (Phi) is 6.64. The number of piperidine rings is 1. The summed E-state index contributed by atoms with van der Waals surface area (Å²) in [5.74, 6) is 0.665. The molecule has 2 aliphatic heterocycles. The maximum absolute atomic E-state index is 12.2. The van der Waals surface area contributed by atoms with Crippen molar-refractivity contribution in [2.45, 2.75) is 25.7 Å². The standard InChI is InChI=1S/C16H30N4O2/c1-19(2)8-9-20-12-14(10-15(20)21)16(22)18-7-5-13-4-3-6-17-11-13/h13-14,17H,3-12H2,1-2H3,(H,18,22). The Bertz CT molecular complexity index is 380. The van der Waals surface area contributed by atoms with E-state index in [1.54, 1.807) is 0 Å². The molecule has 2 aliphatic rings. The highest BCUT2D eigenvalue weighted by molar-refractivity contribution is 5.89. The Morgan fingerprint density at radius 3 is 2.95 bits per heavy atom. The van der Waals surface area contributed by atoms with Gasteiger partial charge in [0.15, 0.2) is 0 Å². The number of nitrogens with one attached hydrogen (secondary N) is 2. The first-order chi connectivity index (χ1) is 10.6. The van der Waals surface area contributed by atoms with Crippen molar-refractivity contribution in [3.8, 4) is 0 Å². The monoisotopic (exact) mass is 310 g/mol. The van der Waals surface area contributed by atoms with Gasteiger partial charge in [0, 0.05) is 32.6 Å². The molecule has 126 valence electrons. The van der Waals surface area contributed by atoms with Gasteiger partial charge in [-0.3, -0.25) is 9.59 Å². The van der Waals surface area contributed by atoms with Gasteiger partial charge in [-0.2, -0.15) is 0 Å². The molecule has 0 bridgehead atoms. The first kappa shape index (κ1) is 17.2. The van der Waals surface area contributed by atoms with Gasteiger partial charge in [0.1, 0.15) is 0 Å². The lowest BCUT2D eigenvalue weighted by molar-refractivity contribution is -0.129. The van der Waals surface area contributed by atoms with Crippen LogP contribution in [0.15, 0.2) is 0 Å². The SMILES string of the molecule is CN(C)CCN1CC(C(=O)NCCC2CCCNC2)CC1=O. The van der Waals surface area contributed by atoms with Gasteiger partial charge in [-0.25, -0.2) is 0 Å². The zero-order valence-corrected chi connectivity index (χ0v) is 13.9. The third-order valence-corrected chi connectivity index (χ3v) is 4.65. The van der Waals surface area contributed by atoms with Crippen LogP contribution >= 0.6 is 0 Å². The molecule has 0 spiro atoms. The van der Waals surface area contributed by atoms with Crippen molar-refractivity contribution in [3.05, 3.63) is 0 Å². The van der Waals surface area contributed by atoms with Crippen molar-refractivity contribution in [1.29, 1.82) is 0 Å². The Morgan fingerprint density at radius 2 is 2.27 bits per heavy atom. The number of nitrogens with zero attached hydrogens (tertiary/aromatic N) is 2. The van der Waals surface area contributed by atoms with Gasteiger partial charge in [0.2, 0.25) is 11.8 Å². The Labute approximate surface area is 133 Å². The normalized spacial score (nSPS) is 25.8. The third-order valence-electron chi connectivity index (χ3n) is 4.65. The molecule has 22 heavy (non-hydrogen) atoms. The topological polar surface area (TPSA) is 64.7 Å². The van der Waals surface area contributed by atoms with E-state index in [1.165, 1.54) is 12.8 Å². The Morgan fingerprint density at radius 1 is 1.45 bits per heavy atom. The quantitative estimate of drug-likeness (QED) is 0.689. The largest absolute Gasteiger partial charge is 0.356 e. The molecule has 2 saturated heterocycles. The van der Waals surface area contributed by atoms with Crippen LogP contribution in [0.2, 0.25) is 0 Å². The molecule has 2 heterocycles. The molecule has 2 fully saturated rings. The summed E-state index contributed by atoms with van der Waals surface area (Å²) in [6.45, 7) is 5.04. The van der Waals surface area contributed by atoms with E-state index in [0.717, 1.165) is 32.6 Å². The molecule has 2 unspecified atom stereocenters. The number of hydrogen-bond acceptors (Lipinski definition) is 4. The van der Waals surface area contributed by atoms with Crippen LogP contribution in [0.1, 0.15) is 25.7 Å². The minimum atomic E-state index is -0.167. The lowest BCUT2D eigenvalue weighted by atomic mass is 9.96. The minimum Gasteiger partial charge on any atom is -0.356 e. The predicted molar refractivity (Wildman–Crippen MR) is 86.5 cm³/mol. The van der Waals surface area contributed by atoms with Crippen molar-refractivity contribution >= 4 is 11.8 Å². The number of hydrogen-bond donors (Lipinski definition) is 2. The van der Waals surface area contributed by atoms with E-state index < -0.39 is 0 Å². The molecule has 0 aromatic carbocycles. The summed E-state index contributed by atoms with van der Waals surface area (Å²) in [5.41, 5.74) is 0. The van der Waals surface area contributed by atoms with Gasteiger partial charge in [-0.15, -0.1) is 0 Å². The highest BCUT2D eigenvalue weighted by Gasteiger charge is 2.33. The van der Waals surface area contributed by atoms with Gasteiger partial charge >= 0.3 is 0 Å². The van der Waals surface area contributed by atoms with E-state index in [2.05, 4.69) is 15.5 Å². The second-order valence-electron chi connectivity index (χ2n) is 6.84. The molecule has 2 rings (SSSR count). The Balaban J connectivity index is 1.66. The summed E-state index contributed by atoms with van der Waals surface area (Å²) < 4.78 is 0. The van der Waals surface area contributed by atoms with Gasteiger partial charge in [0.05, 0.1) is 5.92 Å². The molecule has 6 nitrogen and oxygen atoms in total. The second-order valence-corrected chi connectivity index (χ2v) is 6.84. The lowest BCUT2D eigenvalue weighted by Gasteiger charge is -2.23. The first-order valence-electron chi connectivity index (χ1n) is 8.47. The fraction of sp³-hybridized carbons (Fsp3) is 0.875. The summed E-state index contributed by atoms with van der Waals surface area (Å²) in [4.78, 5) is 28.0. The van der Waals surface area contributed by atoms with Crippen LogP contribution in [-0.2, 0) is 9.59 Å². The highest BCUT2D eigenvalue weighted by atomic mass is 16.2. The van der Waals surface area contributed by atoms with Crippen LogP contribution in [0.25, 0.3) is 0 Å². The van der Waals surface area contributed by atoms with Gasteiger partial charge in [-0.05, 0) is 52.4 Å². The average molecular weight is 310 g/mol. The molecule has 0 saturated carbocycles. The van der Waals surface area contributed by atoms with E-state index in [1.807, 2.05) is 19.0 Å².